The van der Waals surface area contributed by atoms with Gasteiger partial charge in [0.1, 0.15) is 10.6 Å². The highest BCUT2D eigenvalue weighted by atomic mass is 79.9. The third-order valence-electron chi connectivity index (χ3n) is 2.56. The number of nitrogens with one attached hydrogen (secondary N) is 2. The molecule has 1 aromatic rings. The average Bonchev–Trinajstić information content (AvgIpc) is 2.37. The number of aromatic nitrogens is 1. The Morgan fingerprint density at radius 2 is 2.05 bits per heavy atom. The number of nitrogens with zero attached hydrogens (tertiary/aromatic N) is 1. The maximum absolute atomic E-state index is 12.0. The van der Waals surface area contributed by atoms with Gasteiger partial charge in [0, 0.05) is 13.2 Å². The summed E-state index contributed by atoms with van der Waals surface area (Å²) >= 11 is 3.21. The van der Waals surface area contributed by atoms with Crippen molar-refractivity contribution in [2.45, 2.75) is 26.3 Å². The third kappa shape index (κ3) is 4.98. The van der Waals surface area contributed by atoms with E-state index in [0.717, 1.165) is 0 Å². The van der Waals surface area contributed by atoms with Gasteiger partial charge in [-0.05, 0) is 40.4 Å². The van der Waals surface area contributed by atoms with Gasteiger partial charge in [0.25, 0.3) is 5.91 Å². The van der Waals surface area contributed by atoms with Crippen molar-refractivity contribution in [3.63, 3.8) is 0 Å². The van der Waals surface area contributed by atoms with E-state index in [4.69, 9.17) is 0 Å². The molecule has 6 heteroatoms. The second-order valence-corrected chi connectivity index (χ2v) is 5.45. The molecule has 5 nitrogen and oxygen atoms in total. The molecule has 0 fully saturated rings. The second-order valence-electron chi connectivity index (χ2n) is 4.64. The first-order chi connectivity index (χ1) is 8.93. The predicted molar refractivity (Wildman–Crippen MR) is 76.7 cm³/mol. The smallest absolute Gasteiger partial charge is 0.253 e. The van der Waals surface area contributed by atoms with Crippen molar-refractivity contribution in [2.75, 3.05) is 7.05 Å². The van der Waals surface area contributed by atoms with Gasteiger partial charge in [-0.2, -0.15) is 0 Å². The van der Waals surface area contributed by atoms with Crippen molar-refractivity contribution in [2.24, 2.45) is 5.92 Å². The lowest BCUT2D eigenvalue weighted by Crippen LogP contribution is -2.46. The first-order valence-electron chi connectivity index (χ1n) is 6.08. The van der Waals surface area contributed by atoms with Crippen LogP contribution in [-0.4, -0.2) is 29.9 Å². The number of likely N-dealkylation sites (N-methyl/N-ethyl adjacent to an activating group) is 1. The highest BCUT2D eigenvalue weighted by Gasteiger charge is 2.21. The molecule has 104 valence electrons. The molecule has 1 heterocycles. The first-order valence-corrected chi connectivity index (χ1v) is 6.87. The monoisotopic (exact) mass is 327 g/mol. The van der Waals surface area contributed by atoms with Crippen molar-refractivity contribution in [3.8, 4) is 0 Å². The Labute approximate surface area is 121 Å². The van der Waals surface area contributed by atoms with Crippen LogP contribution >= 0.6 is 15.9 Å². The van der Waals surface area contributed by atoms with E-state index in [-0.39, 0.29) is 11.8 Å². The van der Waals surface area contributed by atoms with E-state index in [1.54, 1.807) is 19.2 Å². The summed E-state index contributed by atoms with van der Waals surface area (Å²) in [7, 11) is 1.56. The molecule has 0 spiro atoms. The van der Waals surface area contributed by atoms with Gasteiger partial charge < -0.3 is 10.6 Å². The zero-order valence-corrected chi connectivity index (χ0v) is 12.8. The van der Waals surface area contributed by atoms with Gasteiger partial charge in [-0.15, -0.1) is 0 Å². The minimum Gasteiger partial charge on any atom is -0.357 e. The number of hydrogen-bond donors (Lipinski definition) is 2. The molecular formula is C13H18BrN3O2. The van der Waals surface area contributed by atoms with Crippen LogP contribution in [-0.2, 0) is 4.79 Å². The fourth-order valence-corrected chi connectivity index (χ4v) is 1.86. The fourth-order valence-electron chi connectivity index (χ4n) is 1.63. The topological polar surface area (TPSA) is 71.1 Å². The van der Waals surface area contributed by atoms with Crippen LogP contribution in [0.4, 0.5) is 0 Å². The van der Waals surface area contributed by atoms with E-state index in [0.29, 0.717) is 22.5 Å². The summed E-state index contributed by atoms with van der Waals surface area (Å²) in [6.45, 7) is 4.01. The van der Waals surface area contributed by atoms with E-state index < -0.39 is 6.04 Å². The molecule has 0 aliphatic carbocycles. The molecule has 1 rings (SSSR count). The molecule has 0 saturated carbocycles. The van der Waals surface area contributed by atoms with Crippen LogP contribution in [0.5, 0.6) is 0 Å². The number of hydrogen-bond acceptors (Lipinski definition) is 3. The summed E-state index contributed by atoms with van der Waals surface area (Å²) in [5.74, 6) is -0.174. The van der Waals surface area contributed by atoms with Crippen LogP contribution in [0.25, 0.3) is 0 Å². The number of amides is 2. The Morgan fingerprint density at radius 3 is 2.53 bits per heavy atom. The van der Waals surface area contributed by atoms with Crippen molar-refractivity contribution in [1.29, 1.82) is 0 Å². The largest absolute Gasteiger partial charge is 0.357 e. The molecule has 0 aliphatic rings. The normalized spacial score (nSPS) is 12.1. The zero-order valence-electron chi connectivity index (χ0n) is 11.2. The standard InChI is InChI=1S/C13H18BrN3O2/c1-8(2)6-10(13(19)15-3)17-12(18)9-4-5-11(14)16-7-9/h4-5,7-8,10H,6H2,1-3H3,(H,15,19)(H,17,18). The minimum atomic E-state index is -0.527. The molecule has 1 aromatic heterocycles. The van der Waals surface area contributed by atoms with Crippen LogP contribution in [0.1, 0.15) is 30.6 Å². The van der Waals surface area contributed by atoms with Gasteiger partial charge in [0.15, 0.2) is 0 Å². The SMILES string of the molecule is CNC(=O)C(CC(C)C)NC(=O)c1ccc(Br)nc1. The summed E-state index contributed by atoms with van der Waals surface area (Å²) in [4.78, 5) is 27.7. The minimum absolute atomic E-state index is 0.188. The molecule has 0 radical (unpaired) electrons. The van der Waals surface area contributed by atoms with Crippen LogP contribution in [0, 0.1) is 5.92 Å². The lowest BCUT2D eigenvalue weighted by atomic mass is 10.0. The highest BCUT2D eigenvalue weighted by molar-refractivity contribution is 9.10. The average molecular weight is 328 g/mol. The van der Waals surface area contributed by atoms with Gasteiger partial charge in [0.2, 0.25) is 5.91 Å². The van der Waals surface area contributed by atoms with Gasteiger partial charge in [-0.1, -0.05) is 13.8 Å². The Kier molecular flexibility index (Phi) is 5.95. The number of rotatable bonds is 5. The molecule has 1 atom stereocenters. The van der Waals surface area contributed by atoms with Gasteiger partial charge >= 0.3 is 0 Å². The van der Waals surface area contributed by atoms with Crippen LogP contribution in [0.15, 0.2) is 22.9 Å². The molecule has 0 aliphatic heterocycles. The highest BCUT2D eigenvalue weighted by Crippen LogP contribution is 2.09. The van der Waals surface area contributed by atoms with Gasteiger partial charge in [-0.3, -0.25) is 9.59 Å². The summed E-state index contributed by atoms with van der Waals surface area (Å²) in [6.07, 6.45) is 2.06. The number of pyridine rings is 1. The molecule has 2 N–H and O–H groups in total. The molecular weight excluding hydrogens is 310 g/mol. The lowest BCUT2D eigenvalue weighted by Gasteiger charge is -2.19. The van der Waals surface area contributed by atoms with E-state index >= 15 is 0 Å². The van der Waals surface area contributed by atoms with Crippen molar-refractivity contribution in [3.05, 3.63) is 28.5 Å². The predicted octanol–water partition coefficient (Wildman–Crippen LogP) is 1.73. The van der Waals surface area contributed by atoms with Crippen molar-refractivity contribution < 1.29 is 9.59 Å². The van der Waals surface area contributed by atoms with Crippen LogP contribution < -0.4 is 10.6 Å². The van der Waals surface area contributed by atoms with Gasteiger partial charge in [-0.25, -0.2) is 4.98 Å². The summed E-state index contributed by atoms with van der Waals surface area (Å²) in [5.41, 5.74) is 0.431. The molecule has 2 amide bonds. The van der Waals surface area contributed by atoms with Crippen molar-refractivity contribution in [1.82, 2.24) is 15.6 Å². The summed E-state index contributed by atoms with van der Waals surface area (Å²) in [6, 6.07) is 2.82. The first kappa shape index (κ1) is 15.6. The van der Waals surface area contributed by atoms with Crippen LogP contribution in [0.2, 0.25) is 0 Å². The lowest BCUT2D eigenvalue weighted by molar-refractivity contribution is -0.122. The molecule has 0 bridgehead atoms. The number of carbonyl (C=O) groups is 2. The Bertz CT molecular complexity index is 446. The zero-order chi connectivity index (χ0) is 14.4. The third-order valence-corrected chi connectivity index (χ3v) is 3.03. The fraction of sp³-hybridized carbons (Fsp3) is 0.462. The second kappa shape index (κ2) is 7.23. The molecule has 19 heavy (non-hydrogen) atoms. The van der Waals surface area contributed by atoms with E-state index in [1.807, 2.05) is 13.8 Å². The Balaban J connectivity index is 2.75. The molecule has 0 aromatic carbocycles. The van der Waals surface area contributed by atoms with E-state index in [1.165, 1.54) is 6.20 Å². The Morgan fingerprint density at radius 1 is 1.37 bits per heavy atom. The van der Waals surface area contributed by atoms with Gasteiger partial charge in [0.05, 0.1) is 5.56 Å². The van der Waals surface area contributed by atoms with Crippen LogP contribution in [0.3, 0.4) is 0 Å². The van der Waals surface area contributed by atoms with E-state index in [2.05, 4.69) is 31.5 Å². The number of carbonyl (C=O) groups excluding carboxylic acids is 2. The summed E-state index contributed by atoms with van der Waals surface area (Å²) < 4.78 is 0.661. The Hall–Kier alpha value is -1.43. The maximum atomic E-state index is 12.0. The maximum Gasteiger partial charge on any atom is 0.253 e. The van der Waals surface area contributed by atoms with E-state index in [9.17, 15) is 9.59 Å². The number of halogens is 1. The molecule has 1 unspecified atom stereocenters. The summed E-state index contributed by atoms with van der Waals surface area (Å²) in [5, 5.41) is 5.29. The quantitative estimate of drug-likeness (QED) is 0.809. The molecule has 0 saturated heterocycles. The van der Waals surface area contributed by atoms with Crippen molar-refractivity contribution >= 4 is 27.7 Å².